The summed E-state index contributed by atoms with van der Waals surface area (Å²) in [7, 11) is 0. The topological polar surface area (TPSA) is 65.5 Å². The first-order valence-electron chi connectivity index (χ1n) is 9.57. The quantitative estimate of drug-likeness (QED) is 0.740. The second-order valence-corrected chi connectivity index (χ2v) is 7.28. The van der Waals surface area contributed by atoms with Crippen LogP contribution in [0.15, 0.2) is 72.7 Å². The molecule has 1 atom stereocenters. The molecular weight excluding hydrogens is 409 g/mol. The summed E-state index contributed by atoms with van der Waals surface area (Å²) < 4.78 is 38.8. The molecular formula is C22H19F3N4O2. The Morgan fingerprint density at radius 3 is 2.42 bits per heavy atom. The molecule has 31 heavy (non-hydrogen) atoms. The third kappa shape index (κ3) is 3.90. The lowest BCUT2D eigenvalue weighted by Gasteiger charge is -2.33. The Labute approximate surface area is 176 Å². The predicted molar refractivity (Wildman–Crippen MR) is 106 cm³/mol. The van der Waals surface area contributed by atoms with Gasteiger partial charge in [0, 0.05) is 25.5 Å². The van der Waals surface area contributed by atoms with E-state index < -0.39 is 23.8 Å². The van der Waals surface area contributed by atoms with Gasteiger partial charge in [-0.05, 0) is 35.4 Å². The van der Waals surface area contributed by atoms with E-state index in [1.54, 1.807) is 35.5 Å². The minimum atomic E-state index is -4.47. The second-order valence-electron chi connectivity index (χ2n) is 7.28. The molecule has 0 bridgehead atoms. The number of urea groups is 1. The summed E-state index contributed by atoms with van der Waals surface area (Å²) in [6.07, 6.45) is 0.343. The maximum absolute atomic E-state index is 13.3. The standard InChI is InChI=1S/C22H19F3N4O2/c1-2-11-29-17-13-28(12-14-7-9-26-10-8-14)20(30)18(17)19(27-21(29)31)15-3-5-16(6-4-15)22(23,24)25/h2-10,19H,1,11-13H2,(H,27,31). The highest BCUT2D eigenvalue weighted by Gasteiger charge is 2.43. The predicted octanol–water partition coefficient (Wildman–Crippen LogP) is 3.65. The van der Waals surface area contributed by atoms with Crippen LogP contribution in [0.3, 0.4) is 0 Å². The van der Waals surface area contributed by atoms with Gasteiger partial charge >= 0.3 is 12.2 Å². The van der Waals surface area contributed by atoms with Crippen molar-refractivity contribution in [1.82, 2.24) is 20.1 Å². The van der Waals surface area contributed by atoms with Crippen LogP contribution < -0.4 is 5.32 Å². The van der Waals surface area contributed by atoms with Crippen molar-refractivity contribution in [2.24, 2.45) is 0 Å². The number of rotatable bonds is 5. The van der Waals surface area contributed by atoms with Crippen molar-refractivity contribution in [3.05, 3.63) is 89.4 Å². The van der Waals surface area contributed by atoms with Gasteiger partial charge in [-0.1, -0.05) is 18.2 Å². The Hall–Kier alpha value is -3.62. The highest BCUT2D eigenvalue weighted by molar-refractivity contribution is 6.01. The van der Waals surface area contributed by atoms with Crippen LogP contribution in [0.2, 0.25) is 0 Å². The first-order chi connectivity index (χ1) is 14.8. The number of nitrogens with zero attached hydrogens (tertiary/aromatic N) is 3. The van der Waals surface area contributed by atoms with Crippen LogP contribution in [0.25, 0.3) is 0 Å². The zero-order valence-corrected chi connectivity index (χ0v) is 16.4. The number of amides is 3. The summed E-state index contributed by atoms with van der Waals surface area (Å²) >= 11 is 0. The van der Waals surface area contributed by atoms with E-state index in [4.69, 9.17) is 0 Å². The molecule has 0 aliphatic carbocycles. The molecule has 3 amide bonds. The monoisotopic (exact) mass is 428 g/mol. The maximum Gasteiger partial charge on any atom is 0.416 e. The summed E-state index contributed by atoms with van der Waals surface area (Å²) in [5, 5.41) is 2.75. The Bertz CT molecular complexity index is 1050. The van der Waals surface area contributed by atoms with Gasteiger partial charge in [-0.3, -0.25) is 14.7 Å². The molecule has 0 fully saturated rings. The SMILES string of the molecule is C=CCN1C(=O)NC(c2ccc(C(F)(F)F)cc2)C2=C1CN(Cc1ccncc1)C2=O. The first-order valence-corrected chi connectivity index (χ1v) is 9.57. The fourth-order valence-corrected chi connectivity index (χ4v) is 3.82. The van der Waals surface area contributed by atoms with Gasteiger partial charge < -0.3 is 10.2 Å². The van der Waals surface area contributed by atoms with Gasteiger partial charge in [0.1, 0.15) is 0 Å². The van der Waals surface area contributed by atoms with E-state index in [-0.39, 0.29) is 19.0 Å². The largest absolute Gasteiger partial charge is 0.416 e. The Morgan fingerprint density at radius 2 is 1.81 bits per heavy atom. The third-order valence-electron chi connectivity index (χ3n) is 5.30. The number of benzene rings is 1. The third-order valence-corrected chi connectivity index (χ3v) is 5.30. The van der Waals surface area contributed by atoms with E-state index >= 15 is 0 Å². The van der Waals surface area contributed by atoms with Gasteiger partial charge in [0.15, 0.2) is 0 Å². The van der Waals surface area contributed by atoms with Crippen molar-refractivity contribution in [2.45, 2.75) is 18.8 Å². The van der Waals surface area contributed by atoms with Crippen LogP contribution in [0.1, 0.15) is 22.7 Å². The Kier molecular flexibility index (Phi) is 5.26. The Balaban J connectivity index is 1.69. The molecule has 1 N–H and O–H groups in total. The molecule has 0 saturated heterocycles. The van der Waals surface area contributed by atoms with Crippen molar-refractivity contribution < 1.29 is 22.8 Å². The molecule has 1 unspecified atom stereocenters. The number of hydrogen-bond acceptors (Lipinski definition) is 3. The average molecular weight is 428 g/mol. The number of alkyl halides is 3. The lowest BCUT2D eigenvalue weighted by molar-refractivity contribution is -0.137. The van der Waals surface area contributed by atoms with Crippen molar-refractivity contribution in [3.8, 4) is 0 Å². The van der Waals surface area contributed by atoms with Crippen LogP contribution in [0.5, 0.6) is 0 Å². The number of halogens is 3. The van der Waals surface area contributed by atoms with E-state index in [1.165, 1.54) is 17.0 Å². The molecule has 2 aliphatic heterocycles. The molecule has 2 aromatic rings. The number of pyridine rings is 1. The fourth-order valence-electron chi connectivity index (χ4n) is 3.82. The highest BCUT2D eigenvalue weighted by atomic mass is 19.4. The molecule has 4 rings (SSSR count). The zero-order chi connectivity index (χ0) is 22.2. The molecule has 3 heterocycles. The van der Waals surface area contributed by atoms with Crippen molar-refractivity contribution in [2.75, 3.05) is 13.1 Å². The van der Waals surface area contributed by atoms with Gasteiger partial charge in [-0.2, -0.15) is 13.2 Å². The van der Waals surface area contributed by atoms with Crippen LogP contribution in [0, 0.1) is 0 Å². The molecule has 0 saturated carbocycles. The van der Waals surface area contributed by atoms with E-state index in [9.17, 15) is 22.8 Å². The minimum Gasteiger partial charge on any atom is -0.329 e. The average Bonchev–Trinajstić information content (AvgIpc) is 3.06. The Morgan fingerprint density at radius 1 is 1.13 bits per heavy atom. The molecule has 1 aromatic carbocycles. The molecule has 160 valence electrons. The van der Waals surface area contributed by atoms with Crippen LogP contribution in [-0.4, -0.2) is 39.8 Å². The smallest absolute Gasteiger partial charge is 0.329 e. The number of aromatic nitrogens is 1. The first kappa shape index (κ1) is 20.6. The van der Waals surface area contributed by atoms with Crippen molar-refractivity contribution >= 4 is 11.9 Å². The van der Waals surface area contributed by atoms with E-state index in [1.807, 2.05) is 0 Å². The van der Waals surface area contributed by atoms with Crippen LogP contribution in [0.4, 0.5) is 18.0 Å². The molecule has 0 radical (unpaired) electrons. The molecule has 6 nitrogen and oxygen atoms in total. The van der Waals surface area contributed by atoms with E-state index in [0.29, 0.717) is 23.4 Å². The fraction of sp³-hybridized carbons (Fsp3) is 0.227. The molecule has 0 spiro atoms. The number of hydrogen-bond donors (Lipinski definition) is 1. The van der Waals surface area contributed by atoms with Gasteiger partial charge in [0.05, 0.1) is 29.4 Å². The molecule has 9 heteroatoms. The lowest BCUT2D eigenvalue weighted by atomic mass is 9.94. The maximum atomic E-state index is 13.3. The lowest BCUT2D eigenvalue weighted by Crippen LogP contribution is -2.47. The molecule has 1 aromatic heterocycles. The molecule has 2 aliphatic rings. The van der Waals surface area contributed by atoms with Gasteiger partial charge in [0.25, 0.3) is 5.91 Å². The number of carbonyl (C=O) groups excluding carboxylic acids is 2. The van der Waals surface area contributed by atoms with Crippen molar-refractivity contribution in [3.63, 3.8) is 0 Å². The minimum absolute atomic E-state index is 0.209. The normalized spacial score (nSPS) is 18.9. The number of nitrogens with one attached hydrogen (secondary N) is 1. The van der Waals surface area contributed by atoms with Gasteiger partial charge in [-0.25, -0.2) is 4.79 Å². The summed E-state index contributed by atoms with van der Waals surface area (Å²) in [6, 6.07) is 6.81. The second kappa shape index (κ2) is 7.90. The summed E-state index contributed by atoms with van der Waals surface area (Å²) in [4.78, 5) is 33.0. The summed E-state index contributed by atoms with van der Waals surface area (Å²) in [5.74, 6) is -0.272. The van der Waals surface area contributed by atoms with Crippen LogP contribution >= 0.6 is 0 Å². The van der Waals surface area contributed by atoms with Gasteiger partial charge in [0.2, 0.25) is 0 Å². The summed E-state index contributed by atoms with van der Waals surface area (Å²) in [5.41, 5.74) is 1.39. The van der Waals surface area contributed by atoms with Gasteiger partial charge in [-0.15, -0.1) is 6.58 Å². The van der Waals surface area contributed by atoms with Crippen molar-refractivity contribution in [1.29, 1.82) is 0 Å². The number of carbonyl (C=O) groups is 2. The zero-order valence-electron chi connectivity index (χ0n) is 16.4. The van der Waals surface area contributed by atoms with E-state index in [2.05, 4.69) is 16.9 Å². The van der Waals surface area contributed by atoms with E-state index in [0.717, 1.165) is 17.7 Å². The van der Waals surface area contributed by atoms with Crippen LogP contribution in [-0.2, 0) is 17.5 Å². The highest BCUT2D eigenvalue weighted by Crippen LogP contribution is 2.38. The summed E-state index contributed by atoms with van der Waals surface area (Å²) in [6.45, 7) is 4.41.